The molecule has 0 radical (unpaired) electrons. The van der Waals surface area contributed by atoms with Crippen LogP contribution in [0.1, 0.15) is 56.6 Å². The summed E-state index contributed by atoms with van der Waals surface area (Å²) >= 11 is 0. The molecule has 1 aliphatic rings. The minimum absolute atomic E-state index is 0.0124. The van der Waals surface area contributed by atoms with Crippen molar-refractivity contribution in [2.24, 2.45) is 0 Å². The molecule has 23 heavy (non-hydrogen) atoms. The Morgan fingerprint density at radius 3 is 2.52 bits per heavy atom. The van der Waals surface area contributed by atoms with Crippen LogP contribution in [-0.4, -0.2) is 28.5 Å². The molecule has 126 valence electrons. The Kier molecular flexibility index (Phi) is 4.97. The van der Waals surface area contributed by atoms with Crippen molar-refractivity contribution >= 4 is 17.9 Å². The van der Waals surface area contributed by atoms with Crippen LogP contribution in [-0.2, 0) is 9.59 Å². The second-order valence-electron chi connectivity index (χ2n) is 7.28. The highest BCUT2D eigenvalue weighted by Crippen LogP contribution is 2.38. The third-order valence-electron chi connectivity index (χ3n) is 3.79. The van der Waals surface area contributed by atoms with Gasteiger partial charge in [0.15, 0.2) is 0 Å². The van der Waals surface area contributed by atoms with E-state index < -0.39 is 0 Å². The van der Waals surface area contributed by atoms with Crippen LogP contribution < -0.4 is 10.6 Å². The quantitative estimate of drug-likeness (QED) is 0.820. The number of hydrogen-bond acceptors (Lipinski definition) is 2. The lowest BCUT2D eigenvalue weighted by molar-refractivity contribution is -0.124. The van der Waals surface area contributed by atoms with Crippen LogP contribution in [0.15, 0.2) is 12.1 Å². The molecule has 0 saturated heterocycles. The van der Waals surface area contributed by atoms with Crippen LogP contribution in [0, 0.1) is 13.8 Å². The number of aromatic nitrogens is 1. The number of rotatable bonds is 5. The van der Waals surface area contributed by atoms with Crippen molar-refractivity contribution in [3.63, 3.8) is 0 Å². The Labute approximate surface area is 138 Å². The Bertz CT molecular complexity index is 631. The summed E-state index contributed by atoms with van der Waals surface area (Å²) in [6.07, 6.45) is 5.79. The van der Waals surface area contributed by atoms with Gasteiger partial charge in [0, 0.05) is 29.0 Å². The van der Waals surface area contributed by atoms with Gasteiger partial charge in [-0.2, -0.15) is 0 Å². The van der Waals surface area contributed by atoms with Gasteiger partial charge in [0.05, 0.1) is 6.54 Å². The monoisotopic (exact) mass is 317 g/mol. The number of carbonyl (C=O) groups excluding carboxylic acids is 2. The molecule has 0 aliphatic heterocycles. The van der Waals surface area contributed by atoms with E-state index in [0.29, 0.717) is 6.04 Å². The van der Waals surface area contributed by atoms with Crippen molar-refractivity contribution < 1.29 is 9.59 Å². The molecule has 1 saturated carbocycles. The van der Waals surface area contributed by atoms with E-state index in [0.717, 1.165) is 5.56 Å². The number of amides is 2. The molecule has 2 amide bonds. The van der Waals surface area contributed by atoms with Gasteiger partial charge in [-0.3, -0.25) is 9.59 Å². The fourth-order valence-electron chi connectivity index (χ4n) is 2.72. The number of carbonyl (C=O) groups is 2. The molecule has 5 heteroatoms. The summed E-state index contributed by atoms with van der Waals surface area (Å²) in [5.41, 5.74) is 3.19. The van der Waals surface area contributed by atoms with Gasteiger partial charge in [-0.15, -0.1) is 0 Å². The summed E-state index contributed by atoms with van der Waals surface area (Å²) in [6, 6.07) is 2.73. The van der Waals surface area contributed by atoms with Crippen molar-refractivity contribution in [2.75, 3.05) is 6.54 Å². The second kappa shape index (κ2) is 6.60. The zero-order chi connectivity index (χ0) is 17.2. The van der Waals surface area contributed by atoms with Gasteiger partial charge >= 0.3 is 0 Å². The minimum atomic E-state index is -0.294. The lowest BCUT2D eigenvalue weighted by atomic mass is 10.1. The molecule has 1 aromatic heterocycles. The molecule has 0 aromatic carbocycles. The summed E-state index contributed by atoms with van der Waals surface area (Å²) in [6.45, 7) is 9.88. The maximum Gasteiger partial charge on any atom is 0.244 e. The van der Waals surface area contributed by atoms with Gasteiger partial charge in [0.1, 0.15) is 0 Å². The van der Waals surface area contributed by atoms with E-state index in [2.05, 4.69) is 35.1 Å². The predicted octanol–water partition coefficient (Wildman–Crippen LogP) is 2.48. The number of nitrogens with zero attached hydrogens (tertiary/aromatic N) is 1. The van der Waals surface area contributed by atoms with Gasteiger partial charge in [-0.25, -0.2) is 0 Å². The van der Waals surface area contributed by atoms with Gasteiger partial charge in [-0.1, -0.05) is 0 Å². The Morgan fingerprint density at radius 2 is 1.96 bits per heavy atom. The zero-order valence-corrected chi connectivity index (χ0v) is 14.7. The van der Waals surface area contributed by atoms with E-state index in [1.165, 1.54) is 30.3 Å². The van der Waals surface area contributed by atoms with Gasteiger partial charge in [0.25, 0.3) is 0 Å². The van der Waals surface area contributed by atoms with E-state index in [4.69, 9.17) is 0 Å². The topological polar surface area (TPSA) is 63.1 Å². The first-order chi connectivity index (χ1) is 10.7. The van der Waals surface area contributed by atoms with Crippen LogP contribution in [0.3, 0.4) is 0 Å². The summed E-state index contributed by atoms with van der Waals surface area (Å²) in [7, 11) is 0. The van der Waals surface area contributed by atoms with E-state index in [1.54, 1.807) is 0 Å². The first-order valence-corrected chi connectivity index (χ1v) is 8.13. The van der Waals surface area contributed by atoms with Gasteiger partial charge in [0.2, 0.25) is 11.8 Å². The summed E-state index contributed by atoms with van der Waals surface area (Å²) in [4.78, 5) is 23.5. The second-order valence-corrected chi connectivity index (χ2v) is 7.28. The van der Waals surface area contributed by atoms with Crippen LogP contribution in [0.2, 0.25) is 0 Å². The number of nitrogens with one attached hydrogen (secondary N) is 2. The smallest absolute Gasteiger partial charge is 0.244 e. The number of aryl methyl sites for hydroxylation is 1. The van der Waals surface area contributed by atoms with E-state index in [9.17, 15) is 9.59 Å². The van der Waals surface area contributed by atoms with Crippen molar-refractivity contribution in [3.05, 3.63) is 29.1 Å². The van der Waals surface area contributed by atoms with Crippen LogP contribution >= 0.6 is 0 Å². The maximum atomic E-state index is 11.9. The lowest BCUT2D eigenvalue weighted by Gasteiger charge is -2.20. The van der Waals surface area contributed by atoms with Gasteiger partial charge < -0.3 is 15.2 Å². The summed E-state index contributed by atoms with van der Waals surface area (Å²) < 4.78 is 2.34. The molecule has 2 N–H and O–H groups in total. The highest BCUT2D eigenvalue weighted by Gasteiger charge is 2.26. The average Bonchev–Trinajstić information content (AvgIpc) is 3.19. The zero-order valence-electron chi connectivity index (χ0n) is 14.7. The standard InChI is InChI=1S/C18H27N3O2/c1-12-10-14(13(2)21(12)15-7-8-15)6-9-16(22)19-11-17(23)20-18(3,4)5/h6,9-10,15H,7-8,11H2,1-5H3,(H,19,22)(H,20,23)/b9-6+. The van der Waals surface area contributed by atoms with E-state index >= 15 is 0 Å². The Balaban J connectivity index is 1.89. The minimum Gasteiger partial charge on any atom is -0.350 e. The lowest BCUT2D eigenvalue weighted by Crippen LogP contribution is -2.45. The third-order valence-corrected chi connectivity index (χ3v) is 3.79. The largest absolute Gasteiger partial charge is 0.350 e. The molecule has 1 aliphatic carbocycles. The van der Waals surface area contributed by atoms with E-state index in [-0.39, 0.29) is 23.9 Å². The fraction of sp³-hybridized carbons (Fsp3) is 0.556. The van der Waals surface area contributed by atoms with Crippen molar-refractivity contribution in [1.29, 1.82) is 0 Å². The molecule has 0 unspecified atom stereocenters. The van der Waals surface area contributed by atoms with Crippen LogP contribution in [0.4, 0.5) is 0 Å². The Morgan fingerprint density at radius 1 is 1.30 bits per heavy atom. The van der Waals surface area contributed by atoms with Crippen molar-refractivity contribution in [2.45, 2.75) is 59.0 Å². The molecular weight excluding hydrogens is 290 g/mol. The van der Waals surface area contributed by atoms with Crippen LogP contribution in [0.5, 0.6) is 0 Å². The van der Waals surface area contributed by atoms with Crippen LogP contribution in [0.25, 0.3) is 6.08 Å². The van der Waals surface area contributed by atoms with E-state index in [1.807, 2.05) is 26.8 Å². The number of hydrogen-bond donors (Lipinski definition) is 2. The first kappa shape index (κ1) is 17.3. The molecule has 2 rings (SSSR count). The average molecular weight is 317 g/mol. The van der Waals surface area contributed by atoms with Crippen molar-refractivity contribution in [3.8, 4) is 0 Å². The fourth-order valence-corrected chi connectivity index (χ4v) is 2.72. The first-order valence-electron chi connectivity index (χ1n) is 8.13. The maximum absolute atomic E-state index is 11.9. The molecule has 1 fully saturated rings. The summed E-state index contributed by atoms with van der Waals surface area (Å²) in [5, 5.41) is 5.41. The highest BCUT2D eigenvalue weighted by molar-refractivity contribution is 5.94. The Hall–Kier alpha value is -2.04. The SMILES string of the molecule is Cc1cc(/C=C/C(=O)NCC(=O)NC(C)(C)C)c(C)n1C1CC1. The van der Waals surface area contributed by atoms with Crippen molar-refractivity contribution in [1.82, 2.24) is 15.2 Å². The molecule has 5 nitrogen and oxygen atoms in total. The molecular formula is C18H27N3O2. The van der Waals surface area contributed by atoms with Gasteiger partial charge in [-0.05, 0) is 65.2 Å². The summed E-state index contributed by atoms with van der Waals surface area (Å²) in [5.74, 6) is -0.448. The molecule has 1 aromatic rings. The molecule has 0 atom stereocenters. The molecule has 0 spiro atoms. The normalized spacial score (nSPS) is 15.0. The molecule has 1 heterocycles. The third kappa shape index (κ3) is 4.98. The predicted molar refractivity (Wildman–Crippen MR) is 92.1 cm³/mol. The molecule has 0 bridgehead atoms. The highest BCUT2D eigenvalue weighted by atomic mass is 16.2.